The van der Waals surface area contributed by atoms with Crippen molar-refractivity contribution in [1.82, 2.24) is 4.90 Å². The Bertz CT molecular complexity index is 745. The lowest BCUT2D eigenvalue weighted by molar-refractivity contribution is -0.141. The van der Waals surface area contributed by atoms with Crippen LogP contribution in [0.4, 0.5) is 0 Å². The van der Waals surface area contributed by atoms with Crippen LogP contribution in [-0.2, 0) is 4.79 Å². The Kier molecular flexibility index (Phi) is 3.80. The van der Waals surface area contributed by atoms with Gasteiger partial charge in [-0.05, 0) is 106 Å². The Balaban J connectivity index is 1.52. The van der Waals surface area contributed by atoms with Gasteiger partial charge in [0.25, 0.3) is 0 Å². The fourth-order valence-electron chi connectivity index (χ4n) is 9.99. The van der Waals surface area contributed by atoms with Crippen molar-refractivity contribution in [3.8, 4) is 0 Å². The van der Waals surface area contributed by atoms with E-state index in [-0.39, 0.29) is 22.5 Å². The van der Waals surface area contributed by atoms with Gasteiger partial charge in [-0.25, -0.2) is 0 Å². The van der Waals surface area contributed by atoms with Crippen LogP contribution < -0.4 is 0 Å². The molecule has 156 valence electrons. The van der Waals surface area contributed by atoms with E-state index in [1.807, 2.05) is 0 Å². The van der Waals surface area contributed by atoms with E-state index >= 15 is 0 Å². The zero-order valence-electron chi connectivity index (χ0n) is 18.6. The summed E-state index contributed by atoms with van der Waals surface area (Å²) in [6, 6.07) is 0.546. The third-order valence-electron chi connectivity index (χ3n) is 11.2. The topological polar surface area (TPSA) is 40.5 Å². The number of rotatable bonds is 2. The van der Waals surface area contributed by atoms with Crippen LogP contribution in [-0.4, -0.2) is 42.0 Å². The summed E-state index contributed by atoms with van der Waals surface area (Å²) in [5.41, 5.74) is 2.48. The number of hydrogen-bond donors (Lipinski definition) is 1. The molecule has 0 aliphatic heterocycles. The van der Waals surface area contributed by atoms with Gasteiger partial charge in [-0.15, -0.1) is 0 Å². The molecule has 0 aromatic carbocycles. The second kappa shape index (κ2) is 5.52. The number of Topliss-reactive ketones (excluding diaryl/α,β-unsaturated/α-hetero) is 1. The number of carbonyl (C=O) groups is 1. The van der Waals surface area contributed by atoms with Gasteiger partial charge >= 0.3 is 0 Å². The molecule has 0 aromatic rings. The normalized spacial score (nSPS) is 57.2. The summed E-state index contributed by atoms with van der Waals surface area (Å²) in [6.07, 6.45) is 9.25. The van der Waals surface area contributed by atoms with Gasteiger partial charge in [-0.1, -0.05) is 26.0 Å². The number of aliphatic hydroxyl groups is 1. The van der Waals surface area contributed by atoms with Gasteiger partial charge in [0, 0.05) is 12.0 Å². The maximum Gasteiger partial charge on any atom is 0.136 e. The minimum atomic E-state index is -0.450. The van der Waals surface area contributed by atoms with E-state index in [1.165, 1.54) is 44.1 Å². The minimum absolute atomic E-state index is 0.0391. The van der Waals surface area contributed by atoms with Gasteiger partial charge in [0.05, 0.1) is 6.10 Å². The van der Waals surface area contributed by atoms with E-state index in [0.29, 0.717) is 28.7 Å². The third-order valence-corrected chi connectivity index (χ3v) is 11.2. The van der Waals surface area contributed by atoms with Crippen molar-refractivity contribution < 1.29 is 9.90 Å². The van der Waals surface area contributed by atoms with Crippen molar-refractivity contribution >= 4 is 5.78 Å². The molecular formula is C25H39NO2. The van der Waals surface area contributed by atoms with E-state index in [2.05, 4.69) is 39.4 Å². The Morgan fingerprint density at radius 3 is 2.43 bits per heavy atom. The van der Waals surface area contributed by atoms with Gasteiger partial charge < -0.3 is 10.0 Å². The standard InChI is InChI=1S/C25H39NO2/c1-15-17-7-8-20-23(4)13-19(28)21(16(2)27)22(23,3)11-12-25(20)14-24(17,25)10-9-18(15)26(5)6/h17-21,28H,1,7-14H2,2-6H3/t17-,18-,19+,20-,21-,22+,23?,24?,25?/m0/s1. The van der Waals surface area contributed by atoms with Crippen LogP contribution in [0.2, 0.25) is 0 Å². The summed E-state index contributed by atoms with van der Waals surface area (Å²) in [4.78, 5) is 14.9. The largest absolute Gasteiger partial charge is 0.392 e. The molecule has 0 aromatic heterocycles. The molecule has 5 aliphatic rings. The first kappa shape index (κ1) is 19.3. The fourth-order valence-corrected chi connectivity index (χ4v) is 9.99. The maximum atomic E-state index is 12.5. The summed E-state index contributed by atoms with van der Waals surface area (Å²) in [6.45, 7) is 11.1. The molecule has 0 amide bonds. The smallest absolute Gasteiger partial charge is 0.136 e. The zero-order chi connectivity index (χ0) is 20.3. The van der Waals surface area contributed by atoms with E-state index in [9.17, 15) is 9.90 Å². The highest BCUT2D eigenvalue weighted by molar-refractivity contribution is 5.80. The lowest BCUT2D eigenvalue weighted by atomic mass is 9.43. The van der Waals surface area contributed by atoms with Gasteiger partial charge in [-0.3, -0.25) is 4.79 Å². The van der Waals surface area contributed by atoms with Crippen LogP contribution in [0.3, 0.4) is 0 Å². The first-order valence-electron chi connectivity index (χ1n) is 11.6. The predicted octanol–water partition coefficient (Wildman–Crippen LogP) is 4.45. The molecule has 2 spiro atoms. The lowest BCUT2D eigenvalue weighted by Crippen LogP contribution is -2.55. The molecule has 1 N–H and O–H groups in total. The molecule has 0 heterocycles. The number of aliphatic hydroxyl groups excluding tert-OH is 1. The molecular weight excluding hydrogens is 346 g/mol. The second-order valence-electron chi connectivity index (χ2n) is 12.0. The molecule has 3 heteroatoms. The summed E-state index contributed by atoms with van der Waals surface area (Å²) in [5.74, 6) is 1.39. The van der Waals surface area contributed by atoms with Crippen molar-refractivity contribution in [3.63, 3.8) is 0 Å². The number of likely N-dealkylation sites (N-methyl/N-ethyl adjacent to an activating group) is 1. The monoisotopic (exact) mass is 385 g/mol. The van der Waals surface area contributed by atoms with Gasteiger partial charge in [-0.2, -0.15) is 0 Å². The molecule has 5 rings (SSSR count). The van der Waals surface area contributed by atoms with E-state index in [4.69, 9.17) is 0 Å². The summed E-state index contributed by atoms with van der Waals surface area (Å²) in [5, 5.41) is 10.9. The molecule has 28 heavy (non-hydrogen) atoms. The number of nitrogens with zero attached hydrogens (tertiary/aromatic N) is 1. The van der Waals surface area contributed by atoms with Crippen molar-refractivity contribution in [2.24, 2.45) is 39.4 Å². The number of fused-ring (bicyclic) bond motifs is 2. The SMILES string of the molecule is C=C1[C@@H](N(C)C)CCC23CC24CC[C@]2(C)[C@@H](C(C)=O)[C@H](O)CC2(C)[C@@H]4CC[C@@H]13. The first-order valence-corrected chi connectivity index (χ1v) is 11.6. The molecule has 0 saturated heterocycles. The van der Waals surface area contributed by atoms with Crippen molar-refractivity contribution in [3.05, 3.63) is 12.2 Å². The number of hydrogen-bond acceptors (Lipinski definition) is 3. The molecule has 5 fully saturated rings. The summed E-state index contributed by atoms with van der Waals surface area (Å²) < 4.78 is 0. The van der Waals surface area contributed by atoms with Crippen molar-refractivity contribution in [2.45, 2.75) is 84.3 Å². The highest BCUT2D eigenvalue weighted by Crippen LogP contribution is 2.87. The highest BCUT2D eigenvalue weighted by Gasteiger charge is 2.81. The molecule has 3 unspecified atom stereocenters. The number of ketones is 1. The van der Waals surface area contributed by atoms with Crippen LogP contribution in [0, 0.1) is 39.4 Å². The van der Waals surface area contributed by atoms with E-state index in [1.54, 1.807) is 6.92 Å². The van der Waals surface area contributed by atoms with E-state index in [0.717, 1.165) is 12.8 Å². The molecule has 3 nitrogen and oxygen atoms in total. The average Bonchev–Trinajstić information content (AvgIpc) is 3.19. The summed E-state index contributed by atoms with van der Waals surface area (Å²) in [7, 11) is 4.41. The van der Waals surface area contributed by atoms with Crippen molar-refractivity contribution in [2.75, 3.05) is 14.1 Å². The number of carbonyl (C=O) groups excluding carboxylic acids is 1. The van der Waals surface area contributed by atoms with Gasteiger partial charge in [0.15, 0.2) is 0 Å². The summed E-state index contributed by atoms with van der Waals surface area (Å²) >= 11 is 0. The molecule has 9 atom stereocenters. The zero-order valence-corrected chi connectivity index (χ0v) is 18.6. The van der Waals surface area contributed by atoms with Crippen molar-refractivity contribution in [1.29, 1.82) is 0 Å². The van der Waals surface area contributed by atoms with E-state index < -0.39 is 6.10 Å². The molecule has 0 radical (unpaired) electrons. The third kappa shape index (κ3) is 1.92. The van der Waals surface area contributed by atoms with Crippen LogP contribution in [0.5, 0.6) is 0 Å². The van der Waals surface area contributed by atoms with Crippen LogP contribution in [0.15, 0.2) is 12.2 Å². The van der Waals surface area contributed by atoms with Crippen LogP contribution in [0.25, 0.3) is 0 Å². The Morgan fingerprint density at radius 2 is 1.79 bits per heavy atom. The Morgan fingerprint density at radius 1 is 1.07 bits per heavy atom. The minimum Gasteiger partial charge on any atom is -0.392 e. The van der Waals surface area contributed by atoms with Crippen LogP contribution in [0.1, 0.15) is 72.1 Å². The second-order valence-corrected chi connectivity index (χ2v) is 12.0. The van der Waals surface area contributed by atoms with Gasteiger partial charge in [0.2, 0.25) is 0 Å². The molecule has 5 aliphatic carbocycles. The van der Waals surface area contributed by atoms with Gasteiger partial charge in [0.1, 0.15) is 5.78 Å². The molecule has 5 saturated carbocycles. The maximum absolute atomic E-state index is 12.5. The molecule has 0 bridgehead atoms. The lowest BCUT2D eigenvalue weighted by Gasteiger charge is -2.61. The Hall–Kier alpha value is -0.670. The fraction of sp³-hybridized carbons (Fsp3) is 0.880. The average molecular weight is 386 g/mol. The first-order chi connectivity index (χ1) is 13.0. The van der Waals surface area contributed by atoms with Crippen LogP contribution >= 0.6 is 0 Å². The predicted molar refractivity (Wildman–Crippen MR) is 112 cm³/mol. The Labute approximate surface area is 170 Å². The quantitative estimate of drug-likeness (QED) is 0.714. The highest BCUT2D eigenvalue weighted by atomic mass is 16.3.